The molecule has 0 radical (unpaired) electrons. The highest BCUT2D eigenvalue weighted by atomic mass is 16.5. The molecule has 3 aromatic carbocycles. The predicted molar refractivity (Wildman–Crippen MR) is 105 cm³/mol. The number of rotatable bonds is 5. The second kappa shape index (κ2) is 6.96. The molecule has 4 rings (SSSR count). The van der Waals surface area contributed by atoms with Crippen molar-refractivity contribution in [3.8, 4) is 16.9 Å². The highest BCUT2D eigenvalue weighted by molar-refractivity contribution is 5.95. The lowest BCUT2D eigenvalue weighted by molar-refractivity contribution is 0.100. The van der Waals surface area contributed by atoms with Gasteiger partial charge in [0.25, 0.3) is 0 Å². The van der Waals surface area contributed by atoms with Gasteiger partial charge in [0.2, 0.25) is 5.91 Å². The highest BCUT2D eigenvalue weighted by Crippen LogP contribution is 2.28. The van der Waals surface area contributed by atoms with Crippen molar-refractivity contribution in [3.05, 3.63) is 84.2 Å². The lowest BCUT2D eigenvalue weighted by Crippen LogP contribution is -2.10. The van der Waals surface area contributed by atoms with Gasteiger partial charge in [0.05, 0.1) is 5.69 Å². The van der Waals surface area contributed by atoms with Crippen LogP contribution in [-0.2, 0) is 13.7 Å². The Morgan fingerprint density at radius 1 is 1.00 bits per heavy atom. The molecule has 0 fully saturated rings. The standard InChI is InChI=1S/C22H19N3O2/c1-25-20(9-10-24-25)14-27-21-8-7-17-11-16(5-6-18(17)13-21)15-3-2-4-19(12-15)22(23)26/h2-13H,14H2,1H3,(H2,23,26). The predicted octanol–water partition coefficient (Wildman–Crippen LogP) is 3.92. The van der Waals surface area contributed by atoms with Gasteiger partial charge in [-0.05, 0) is 58.3 Å². The number of hydrogen-bond acceptors (Lipinski definition) is 3. The molecular formula is C22H19N3O2. The molecule has 0 bridgehead atoms. The summed E-state index contributed by atoms with van der Waals surface area (Å²) in [6.07, 6.45) is 1.76. The van der Waals surface area contributed by atoms with Crippen LogP contribution >= 0.6 is 0 Å². The molecule has 0 spiro atoms. The molecule has 5 heteroatoms. The first-order chi connectivity index (χ1) is 13.1. The molecule has 0 aliphatic heterocycles. The number of hydrogen-bond donors (Lipinski definition) is 1. The Balaban J connectivity index is 1.59. The maximum atomic E-state index is 11.4. The van der Waals surface area contributed by atoms with Gasteiger partial charge >= 0.3 is 0 Å². The lowest BCUT2D eigenvalue weighted by Gasteiger charge is -2.09. The molecule has 0 aliphatic carbocycles. The maximum Gasteiger partial charge on any atom is 0.248 e. The molecule has 0 saturated carbocycles. The van der Waals surface area contributed by atoms with Crippen LogP contribution in [0.25, 0.3) is 21.9 Å². The number of carbonyl (C=O) groups excluding carboxylic acids is 1. The van der Waals surface area contributed by atoms with E-state index in [9.17, 15) is 4.79 Å². The van der Waals surface area contributed by atoms with E-state index >= 15 is 0 Å². The van der Waals surface area contributed by atoms with Crippen LogP contribution in [-0.4, -0.2) is 15.7 Å². The summed E-state index contributed by atoms with van der Waals surface area (Å²) < 4.78 is 7.68. The van der Waals surface area contributed by atoms with E-state index in [0.29, 0.717) is 12.2 Å². The van der Waals surface area contributed by atoms with Crippen molar-refractivity contribution >= 4 is 16.7 Å². The maximum absolute atomic E-state index is 11.4. The van der Waals surface area contributed by atoms with E-state index in [1.54, 1.807) is 16.9 Å². The van der Waals surface area contributed by atoms with E-state index in [-0.39, 0.29) is 0 Å². The van der Waals surface area contributed by atoms with Crippen LogP contribution in [0.5, 0.6) is 5.75 Å². The average molecular weight is 357 g/mol. The van der Waals surface area contributed by atoms with Crippen LogP contribution in [0.15, 0.2) is 72.9 Å². The highest BCUT2D eigenvalue weighted by Gasteiger charge is 2.06. The second-order valence-electron chi connectivity index (χ2n) is 6.40. The number of primary amides is 1. The molecule has 5 nitrogen and oxygen atoms in total. The Bertz CT molecular complexity index is 1130. The first-order valence-electron chi connectivity index (χ1n) is 8.64. The van der Waals surface area contributed by atoms with Crippen LogP contribution in [0.1, 0.15) is 16.1 Å². The quantitative estimate of drug-likeness (QED) is 0.588. The van der Waals surface area contributed by atoms with Gasteiger partial charge in [0.1, 0.15) is 12.4 Å². The van der Waals surface area contributed by atoms with E-state index in [1.165, 1.54) is 0 Å². The van der Waals surface area contributed by atoms with Gasteiger partial charge < -0.3 is 10.5 Å². The number of nitrogens with two attached hydrogens (primary N) is 1. The van der Waals surface area contributed by atoms with E-state index in [0.717, 1.165) is 33.3 Å². The Labute approximate surface area is 157 Å². The van der Waals surface area contributed by atoms with Crippen molar-refractivity contribution < 1.29 is 9.53 Å². The van der Waals surface area contributed by atoms with Crippen LogP contribution < -0.4 is 10.5 Å². The molecule has 2 N–H and O–H groups in total. The Morgan fingerprint density at radius 2 is 1.78 bits per heavy atom. The van der Waals surface area contributed by atoms with E-state index < -0.39 is 5.91 Å². The molecule has 1 aromatic heterocycles. The SMILES string of the molecule is Cn1nccc1COc1ccc2cc(-c3cccc(C(N)=O)c3)ccc2c1. The van der Waals surface area contributed by atoms with E-state index in [1.807, 2.05) is 55.6 Å². The smallest absolute Gasteiger partial charge is 0.248 e. The zero-order valence-electron chi connectivity index (χ0n) is 14.9. The van der Waals surface area contributed by atoms with Gasteiger partial charge in [-0.1, -0.05) is 30.3 Å². The fourth-order valence-electron chi connectivity index (χ4n) is 3.05. The zero-order chi connectivity index (χ0) is 18.8. The molecule has 134 valence electrons. The molecular weight excluding hydrogens is 338 g/mol. The summed E-state index contributed by atoms with van der Waals surface area (Å²) >= 11 is 0. The number of amides is 1. The van der Waals surface area contributed by atoms with Crippen molar-refractivity contribution in [2.24, 2.45) is 12.8 Å². The molecule has 0 saturated heterocycles. The number of nitrogens with zero attached hydrogens (tertiary/aromatic N) is 2. The summed E-state index contributed by atoms with van der Waals surface area (Å²) in [5, 5.41) is 6.33. The minimum Gasteiger partial charge on any atom is -0.487 e. The average Bonchev–Trinajstić information content (AvgIpc) is 3.10. The lowest BCUT2D eigenvalue weighted by atomic mass is 9.99. The third kappa shape index (κ3) is 3.53. The molecule has 0 unspecified atom stereocenters. The third-order valence-electron chi connectivity index (χ3n) is 4.60. The van der Waals surface area contributed by atoms with Crippen molar-refractivity contribution in [2.75, 3.05) is 0 Å². The summed E-state index contributed by atoms with van der Waals surface area (Å²) in [5.74, 6) is 0.389. The van der Waals surface area contributed by atoms with Gasteiger partial charge in [-0.2, -0.15) is 5.10 Å². The molecule has 1 heterocycles. The minimum absolute atomic E-state index is 0.423. The van der Waals surface area contributed by atoms with Crippen molar-refractivity contribution in [2.45, 2.75) is 6.61 Å². The van der Waals surface area contributed by atoms with Crippen LogP contribution in [0.2, 0.25) is 0 Å². The Morgan fingerprint density at radius 3 is 2.56 bits per heavy atom. The van der Waals surface area contributed by atoms with Gasteiger partial charge in [-0.25, -0.2) is 0 Å². The number of fused-ring (bicyclic) bond motifs is 1. The summed E-state index contributed by atoms with van der Waals surface area (Å²) in [6.45, 7) is 0.472. The van der Waals surface area contributed by atoms with Gasteiger partial charge in [0.15, 0.2) is 0 Å². The molecule has 0 atom stereocenters. The third-order valence-corrected chi connectivity index (χ3v) is 4.60. The Kier molecular flexibility index (Phi) is 4.34. The fourth-order valence-corrected chi connectivity index (χ4v) is 3.05. The normalized spacial score (nSPS) is 10.9. The number of aromatic nitrogens is 2. The largest absolute Gasteiger partial charge is 0.487 e. The summed E-state index contributed by atoms with van der Waals surface area (Å²) in [7, 11) is 1.90. The van der Waals surface area contributed by atoms with Gasteiger partial charge in [-0.15, -0.1) is 0 Å². The number of aryl methyl sites for hydroxylation is 1. The van der Waals surface area contributed by atoms with Gasteiger partial charge in [0, 0.05) is 18.8 Å². The first kappa shape index (κ1) is 16.8. The van der Waals surface area contributed by atoms with E-state index in [4.69, 9.17) is 10.5 Å². The van der Waals surface area contributed by atoms with Crippen molar-refractivity contribution in [3.63, 3.8) is 0 Å². The summed E-state index contributed by atoms with van der Waals surface area (Å²) in [6, 6.07) is 21.5. The number of carbonyl (C=O) groups is 1. The monoisotopic (exact) mass is 357 g/mol. The molecule has 1 amide bonds. The molecule has 0 aliphatic rings. The second-order valence-corrected chi connectivity index (χ2v) is 6.40. The topological polar surface area (TPSA) is 70.1 Å². The van der Waals surface area contributed by atoms with Crippen molar-refractivity contribution in [1.29, 1.82) is 0 Å². The fraction of sp³-hybridized carbons (Fsp3) is 0.0909. The van der Waals surface area contributed by atoms with Gasteiger partial charge in [-0.3, -0.25) is 9.48 Å². The van der Waals surface area contributed by atoms with Crippen LogP contribution in [0.3, 0.4) is 0 Å². The van der Waals surface area contributed by atoms with E-state index in [2.05, 4.69) is 17.2 Å². The number of benzene rings is 3. The zero-order valence-corrected chi connectivity index (χ0v) is 14.9. The summed E-state index contributed by atoms with van der Waals surface area (Å²) in [5.41, 5.74) is 8.90. The Hall–Kier alpha value is -3.60. The van der Waals surface area contributed by atoms with Crippen LogP contribution in [0, 0.1) is 0 Å². The first-order valence-corrected chi connectivity index (χ1v) is 8.64. The van der Waals surface area contributed by atoms with Crippen molar-refractivity contribution in [1.82, 2.24) is 9.78 Å². The van der Waals surface area contributed by atoms with Crippen LogP contribution in [0.4, 0.5) is 0 Å². The molecule has 4 aromatic rings. The molecule has 27 heavy (non-hydrogen) atoms. The minimum atomic E-state index is -0.423. The summed E-state index contributed by atoms with van der Waals surface area (Å²) in [4.78, 5) is 11.4. The number of ether oxygens (including phenoxy) is 1.